The molecule has 0 aliphatic carbocycles. The molecule has 2 rings (SSSR count). The summed E-state index contributed by atoms with van der Waals surface area (Å²) in [7, 11) is 0. The number of nitro benzene ring substituents is 1. The molecule has 2 N–H and O–H groups in total. The number of nitrogens with one attached hydrogen (secondary N) is 2. The van der Waals surface area contributed by atoms with Crippen molar-refractivity contribution in [2.75, 3.05) is 11.9 Å². The second-order valence-corrected chi connectivity index (χ2v) is 5.21. The van der Waals surface area contributed by atoms with Crippen LogP contribution in [0.25, 0.3) is 0 Å². The first-order chi connectivity index (χ1) is 11.0. The maximum absolute atomic E-state index is 12.4. The third-order valence-electron chi connectivity index (χ3n) is 3.37. The van der Waals surface area contributed by atoms with E-state index in [1.54, 1.807) is 13.0 Å². The highest BCUT2D eigenvalue weighted by Gasteiger charge is 2.14. The number of aryl methyl sites for hydroxylation is 1. The van der Waals surface area contributed by atoms with Crippen LogP contribution in [-0.4, -0.2) is 17.4 Å². The Hall–Kier alpha value is -2.73. The van der Waals surface area contributed by atoms with Gasteiger partial charge in [0.05, 0.1) is 4.92 Å². The van der Waals surface area contributed by atoms with Gasteiger partial charge in [0.15, 0.2) is 0 Å². The number of benzene rings is 2. The summed E-state index contributed by atoms with van der Waals surface area (Å²) in [6, 6.07) is 11.8. The molecule has 23 heavy (non-hydrogen) atoms. The van der Waals surface area contributed by atoms with Gasteiger partial charge in [-0.3, -0.25) is 14.9 Å². The van der Waals surface area contributed by atoms with Crippen molar-refractivity contribution in [3.05, 3.63) is 69.3 Å². The number of hydrogen-bond donors (Lipinski definition) is 2. The molecule has 6 nitrogen and oxygen atoms in total. The molecule has 1 amide bonds. The Labute approximate surface area is 134 Å². The van der Waals surface area contributed by atoms with Crippen molar-refractivity contribution < 1.29 is 9.72 Å². The average Bonchev–Trinajstić information content (AvgIpc) is 2.53. The maximum Gasteiger partial charge on any atom is 0.270 e. The lowest BCUT2D eigenvalue weighted by atomic mass is 10.1. The van der Waals surface area contributed by atoms with Crippen LogP contribution in [0.2, 0.25) is 0 Å². The summed E-state index contributed by atoms with van der Waals surface area (Å²) in [5.41, 5.74) is 2.52. The molecule has 0 aromatic heterocycles. The smallest absolute Gasteiger partial charge is 0.270 e. The summed E-state index contributed by atoms with van der Waals surface area (Å²) in [4.78, 5) is 22.8. The van der Waals surface area contributed by atoms with Gasteiger partial charge in [0.25, 0.3) is 11.6 Å². The second-order valence-electron chi connectivity index (χ2n) is 5.21. The second kappa shape index (κ2) is 7.51. The molecule has 0 atom stereocenters. The van der Waals surface area contributed by atoms with Crippen LogP contribution in [-0.2, 0) is 6.54 Å². The number of carbonyl (C=O) groups is 1. The van der Waals surface area contributed by atoms with Crippen LogP contribution in [0.15, 0.2) is 42.5 Å². The summed E-state index contributed by atoms with van der Waals surface area (Å²) >= 11 is 0. The number of nitrogens with zero attached hydrogens (tertiary/aromatic N) is 1. The van der Waals surface area contributed by atoms with E-state index in [4.69, 9.17) is 0 Å². The van der Waals surface area contributed by atoms with E-state index in [1.165, 1.54) is 12.1 Å². The third kappa shape index (κ3) is 4.37. The molecule has 0 saturated carbocycles. The fraction of sp³-hybridized carbons (Fsp3) is 0.235. The summed E-state index contributed by atoms with van der Waals surface area (Å²) in [6.45, 7) is 5.20. The molecule has 120 valence electrons. The molecular weight excluding hydrogens is 294 g/mol. The highest BCUT2D eigenvalue weighted by Crippen LogP contribution is 2.20. The SMILES string of the molecule is CCNCc1ccccc1NC(=O)c1cc(C)cc([N+](=O)[O-])c1. The van der Waals surface area contributed by atoms with Gasteiger partial charge < -0.3 is 10.6 Å². The largest absolute Gasteiger partial charge is 0.322 e. The van der Waals surface area contributed by atoms with Crippen LogP contribution >= 0.6 is 0 Å². The van der Waals surface area contributed by atoms with E-state index >= 15 is 0 Å². The molecule has 0 aliphatic rings. The van der Waals surface area contributed by atoms with Crippen LogP contribution in [0.5, 0.6) is 0 Å². The molecule has 0 fully saturated rings. The monoisotopic (exact) mass is 313 g/mol. The number of carbonyl (C=O) groups excluding carboxylic acids is 1. The first kappa shape index (κ1) is 16.6. The van der Waals surface area contributed by atoms with Crippen LogP contribution in [0.3, 0.4) is 0 Å². The summed E-state index contributed by atoms with van der Waals surface area (Å²) in [5, 5.41) is 17.0. The fourth-order valence-corrected chi connectivity index (χ4v) is 2.25. The van der Waals surface area contributed by atoms with E-state index < -0.39 is 4.92 Å². The van der Waals surface area contributed by atoms with Gasteiger partial charge in [-0.15, -0.1) is 0 Å². The van der Waals surface area contributed by atoms with Gasteiger partial charge in [0, 0.05) is 29.9 Å². The molecule has 0 heterocycles. The first-order valence-corrected chi connectivity index (χ1v) is 7.37. The van der Waals surface area contributed by atoms with Crippen molar-refractivity contribution in [3.63, 3.8) is 0 Å². The molecule has 0 aliphatic heterocycles. The topological polar surface area (TPSA) is 84.3 Å². The minimum Gasteiger partial charge on any atom is -0.322 e. The van der Waals surface area contributed by atoms with Crippen molar-refractivity contribution in [1.29, 1.82) is 0 Å². The Kier molecular flexibility index (Phi) is 5.43. The van der Waals surface area contributed by atoms with Gasteiger partial charge in [0.2, 0.25) is 0 Å². The van der Waals surface area contributed by atoms with Crippen LogP contribution in [0.4, 0.5) is 11.4 Å². The lowest BCUT2D eigenvalue weighted by Gasteiger charge is -2.11. The Morgan fingerprint density at radius 3 is 2.65 bits per heavy atom. The van der Waals surface area contributed by atoms with Gasteiger partial charge in [-0.1, -0.05) is 25.1 Å². The number of non-ortho nitro benzene ring substituents is 1. The predicted octanol–water partition coefficient (Wildman–Crippen LogP) is 3.27. The first-order valence-electron chi connectivity index (χ1n) is 7.37. The van der Waals surface area contributed by atoms with Crippen molar-refractivity contribution >= 4 is 17.3 Å². The number of hydrogen-bond acceptors (Lipinski definition) is 4. The Bertz CT molecular complexity index is 729. The van der Waals surface area contributed by atoms with E-state index in [1.807, 2.05) is 31.2 Å². The van der Waals surface area contributed by atoms with Gasteiger partial charge >= 0.3 is 0 Å². The highest BCUT2D eigenvalue weighted by molar-refractivity contribution is 6.05. The number of anilines is 1. The molecule has 0 unspecified atom stereocenters. The van der Waals surface area contributed by atoms with Crippen LogP contribution < -0.4 is 10.6 Å². The maximum atomic E-state index is 12.4. The quantitative estimate of drug-likeness (QED) is 0.633. The Morgan fingerprint density at radius 2 is 1.96 bits per heavy atom. The molecule has 0 saturated heterocycles. The minimum atomic E-state index is -0.497. The Morgan fingerprint density at radius 1 is 1.22 bits per heavy atom. The minimum absolute atomic E-state index is 0.0870. The van der Waals surface area contributed by atoms with E-state index in [0.29, 0.717) is 17.8 Å². The van der Waals surface area contributed by atoms with Gasteiger partial charge in [-0.2, -0.15) is 0 Å². The van der Waals surface area contributed by atoms with Crippen LogP contribution in [0.1, 0.15) is 28.4 Å². The van der Waals surface area contributed by atoms with Crippen molar-refractivity contribution in [1.82, 2.24) is 5.32 Å². The molecule has 0 spiro atoms. The molecule has 2 aromatic rings. The molecule has 6 heteroatoms. The van der Waals surface area contributed by atoms with Crippen molar-refractivity contribution in [2.45, 2.75) is 20.4 Å². The normalized spacial score (nSPS) is 10.3. The van der Waals surface area contributed by atoms with E-state index in [2.05, 4.69) is 10.6 Å². The summed E-state index contributed by atoms with van der Waals surface area (Å²) in [6.07, 6.45) is 0. The average molecular weight is 313 g/mol. The molecular formula is C17H19N3O3. The zero-order valence-electron chi connectivity index (χ0n) is 13.1. The lowest BCUT2D eigenvalue weighted by molar-refractivity contribution is -0.384. The van der Waals surface area contributed by atoms with Gasteiger partial charge in [-0.25, -0.2) is 0 Å². The molecule has 0 radical (unpaired) electrons. The molecule has 2 aromatic carbocycles. The lowest BCUT2D eigenvalue weighted by Crippen LogP contribution is -2.17. The van der Waals surface area contributed by atoms with E-state index in [-0.39, 0.29) is 17.2 Å². The highest BCUT2D eigenvalue weighted by atomic mass is 16.6. The standard InChI is InChI=1S/C17H19N3O3/c1-3-18-11-13-6-4-5-7-16(13)19-17(21)14-8-12(2)9-15(10-14)20(22)23/h4-10,18H,3,11H2,1-2H3,(H,19,21). The molecule has 0 bridgehead atoms. The number of nitro groups is 1. The third-order valence-corrected chi connectivity index (χ3v) is 3.37. The number of para-hydroxylation sites is 1. The van der Waals surface area contributed by atoms with Crippen molar-refractivity contribution in [2.24, 2.45) is 0 Å². The van der Waals surface area contributed by atoms with Crippen molar-refractivity contribution in [3.8, 4) is 0 Å². The van der Waals surface area contributed by atoms with Crippen LogP contribution in [0, 0.1) is 17.0 Å². The van der Waals surface area contributed by atoms with E-state index in [0.717, 1.165) is 12.1 Å². The number of amides is 1. The van der Waals surface area contributed by atoms with E-state index in [9.17, 15) is 14.9 Å². The Balaban J connectivity index is 2.24. The summed E-state index contributed by atoms with van der Waals surface area (Å²) in [5.74, 6) is -0.360. The van der Waals surface area contributed by atoms with Gasteiger partial charge in [-0.05, 0) is 36.7 Å². The number of rotatable bonds is 6. The summed E-state index contributed by atoms with van der Waals surface area (Å²) < 4.78 is 0. The fourth-order valence-electron chi connectivity index (χ4n) is 2.25. The zero-order valence-corrected chi connectivity index (χ0v) is 13.1. The zero-order chi connectivity index (χ0) is 16.8. The van der Waals surface area contributed by atoms with Gasteiger partial charge in [0.1, 0.15) is 0 Å². The predicted molar refractivity (Wildman–Crippen MR) is 89.6 cm³/mol.